The standard InChI is InChI=1S/C10H12N2O/c1-7(12-2)8-3-4-10(13)9(5-8)6-11/h3-5,7,12-13H,1-2H3. The van der Waals surface area contributed by atoms with Gasteiger partial charge in [0.15, 0.2) is 0 Å². The lowest BCUT2D eigenvalue weighted by molar-refractivity contribution is 0.473. The summed E-state index contributed by atoms with van der Waals surface area (Å²) in [6, 6.07) is 7.16. The highest BCUT2D eigenvalue weighted by molar-refractivity contribution is 5.45. The van der Waals surface area contributed by atoms with Gasteiger partial charge in [-0.25, -0.2) is 0 Å². The molecule has 13 heavy (non-hydrogen) atoms. The Kier molecular flexibility index (Phi) is 2.88. The monoisotopic (exact) mass is 176 g/mol. The SMILES string of the molecule is CNC(C)c1ccc(O)c(C#N)c1. The predicted molar refractivity (Wildman–Crippen MR) is 50.3 cm³/mol. The molecule has 3 heteroatoms. The Morgan fingerprint density at radius 3 is 2.77 bits per heavy atom. The van der Waals surface area contributed by atoms with Crippen LogP contribution in [0.3, 0.4) is 0 Å². The summed E-state index contributed by atoms with van der Waals surface area (Å²) in [6.45, 7) is 1.99. The van der Waals surface area contributed by atoms with Crippen LogP contribution in [-0.2, 0) is 0 Å². The highest BCUT2D eigenvalue weighted by Gasteiger charge is 2.05. The van der Waals surface area contributed by atoms with Gasteiger partial charge in [0.25, 0.3) is 0 Å². The Morgan fingerprint density at radius 2 is 2.23 bits per heavy atom. The van der Waals surface area contributed by atoms with E-state index in [4.69, 9.17) is 5.26 Å². The minimum atomic E-state index is 0.0366. The maximum Gasteiger partial charge on any atom is 0.133 e. The Hall–Kier alpha value is -1.53. The molecule has 0 bridgehead atoms. The van der Waals surface area contributed by atoms with E-state index in [9.17, 15) is 5.11 Å². The quantitative estimate of drug-likeness (QED) is 0.718. The molecule has 0 heterocycles. The molecule has 0 radical (unpaired) electrons. The van der Waals surface area contributed by atoms with Gasteiger partial charge in [0, 0.05) is 6.04 Å². The van der Waals surface area contributed by atoms with Crippen LogP contribution >= 0.6 is 0 Å². The van der Waals surface area contributed by atoms with Gasteiger partial charge in [-0.2, -0.15) is 5.26 Å². The highest BCUT2D eigenvalue weighted by atomic mass is 16.3. The van der Waals surface area contributed by atoms with Crippen molar-refractivity contribution < 1.29 is 5.11 Å². The van der Waals surface area contributed by atoms with E-state index in [1.165, 1.54) is 0 Å². The number of benzene rings is 1. The minimum Gasteiger partial charge on any atom is -0.507 e. The van der Waals surface area contributed by atoms with Gasteiger partial charge in [-0.3, -0.25) is 0 Å². The van der Waals surface area contributed by atoms with Crippen molar-refractivity contribution in [2.24, 2.45) is 0 Å². The third kappa shape index (κ3) is 1.98. The number of hydrogen-bond acceptors (Lipinski definition) is 3. The number of phenolic OH excluding ortho intramolecular Hbond substituents is 1. The van der Waals surface area contributed by atoms with E-state index < -0.39 is 0 Å². The smallest absolute Gasteiger partial charge is 0.133 e. The van der Waals surface area contributed by atoms with Crippen LogP contribution in [0.1, 0.15) is 24.1 Å². The average molecular weight is 176 g/mol. The molecule has 0 amide bonds. The minimum absolute atomic E-state index is 0.0366. The number of nitrogens with one attached hydrogen (secondary N) is 1. The number of rotatable bonds is 2. The van der Waals surface area contributed by atoms with Gasteiger partial charge in [-0.05, 0) is 31.7 Å². The number of nitrogens with zero attached hydrogens (tertiary/aromatic N) is 1. The van der Waals surface area contributed by atoms with Crippen molar-refractivity contribution in [3.8, 4) is 11.8 Å². The van der Waals surface area contributed by atoms with Crippen molar-refractivity contribution in [3.05, 3.63) is 29.3 Å². The first-order valence-electron chi connectivity index (χ1n) is 4.09. The van der Waals surface area contributed by atoms with Crippen molar-refractivity contribution in [2.45, 2.75) is 13.0 Å². The molecular formula is C10H12N2O. The molecule has 0 aliphatic rings. The second-order valence-corrected chi connectivity index (χ2v) is 2.90. The van der Waals surface area contributed by atoms with Crippen molar-refractivity contribution >= 4 is 0 Å². The fourth-order valence-corrected chi connectivity index (χ4v) is 1.08. The van der Waals surface area contributed by atoms with Gasteiger partial charge in [-0.1, -0.05) is 6.07 Å². The summed E-state index contributed by atoms with van der Waals surface area (Å²) in [5.74, 6) is 0.0366. The van der Waals surface area contributed by atoms with Gasteiger partial charge in [0.1, 0.15) is 11.8 Å². The van der Waals surface area contributed by atoms with E-state index in [1.54, 1.807) is 18.2 Å². The first kappa shape index (κ1) is 9.56. The van der Waals surface area contributed by atoms with Crippen molar-refractivity contribution in [1.82, 2.24) is 5.32 Å². The molecule has 1 aromatic carbocycles. The zero-order valence-corrected chi connectivity index (χ0v) is 7.70. The number of phenols is 1. The fraction of sp³-hybridized carbons (Fsp3) is 0.300. The lowest BCUT2D eigenvalue weighted by Crippen LogP contribution is -2.12. The molecule has 0 saturated carbocycles. The normalized spacial score (nSPS) is 12.1. The lowest BCUT2D eigenvalue weighted by Gasteiger charge is -2.10. The van der Waals surface area contributed by atoms with Crippen LogP contribution in [0.4, 0.5) is 0 Å². The summed E-state index contributed by atoms with van der Waals surface area (Å²) in [5, 5.41) is 21.0. The van der Waals surface area contributed by atoms with Crippen molar-refractivity contribution in [1.29, 1.82) is 5.26 Å². The molecule has 0 aromatic heterocycles. The molecule has 1 aromatic rings. The van der Waals surface area contributed by atoms with Crippen LogP contribution in [0.5, 0.6) is 5.75 Å². The van der Waals surface area contributed by atoms with E-state index in [0.717, 1.165) is 5.56 Å². The van der Waals surface area contributed by atoms with Gasteiger partial charge in [0.2, 0.25) is 0 Å². The molecule has 1 rings (SSSR count). The molecule has 68 valence electrons. The topological polar surface area (TPSA) is 56.0 Å². The molecule has 2 N–H and O–H groups in total. The number of nitriles is 1. The van der Waals surface area contributed by atoms with Gasteiger partial charge in [-0.15, -0.1) is 0 Å². The summed E-state index contributed by atoms with van der Waals surface area (Å²) in [6.07, 6.45) is 0. The van der Waals surface area contributed by atoms with Crippen LogP contribution < -0.4 is 5.32 Å². The van der Waals surface area contributed by atoms with E-state index in [1.807, 2.05) is 20.0 Å². The molecule has 0 aliphatic heterocycles. The predicted octanol–water partition coefficient (Wildman–Crippen LogP) is 1.54. The second-order valence-electron chi connectivity index (χ2n) is 2.90. The van der Waals surface area contributed by atoms with E-state index in [0.29, 0.717) is 5.56 Å². The lowest BCUT2D eigenvalue weighted by atomic mass is 10.1. The molecule has 0 saturated heterocycles. The van der Waals surface area contributed by atoms with Gasteiger partial charge in [0.05, 0.1) is 5.56 Å². The largest absolute Gasteiger partial charge is 0.507 e. The molecule has 0 spiro atoms. The zero-order chi connectivity index (χ0) is 9.84. The third-order valence-electron chi connectivity index (χ3n) is 2.07. The molecule has 1 unspecified atom stereocenters. The third-order valence-corrected chi connectivity index (χ3v) is 2.07. The molecular weight excluding hydrogens is 164 g/mol. The van der Waals surface area contributed by atoms with Crippen LogP contribution in [-0.4, -0.2) is 12.2 Å². The zero-order valence-electron chi connectivity index (χ0n) is 7.70. The Bertz CT molecular complexity index is 341. The fourth-order valence-electron chi connectivity index (χ4n) is 1.08. The number of hydrogen-bond donors (Lipinski definition) is 2. The molecule has 3 nitrogen and oxygen atoms in total. The molecule has 0 fully saturated rings. The van der Waals surface area contributed by atoms with Crippen LogP contribution in [0.15, 0.2) is 18.2 Å². The van der Waals surface area contributed by atoms with E-state index >= 15 is 0 Å². The first-order valence-corrected chi connectivity index (χ1v) is 4.09. The summed E-state index contributed by atoms with van der Waals surface area (Å²) in [5.41, 5.74) is 1.32. The average Bonchev–Trinajstić information content (AvgIpc) is 2.17. The van der Waals surface area contributed by atoms with Crippen molar-refractivity contribution in [2.75, 3.05) is 7.05 Å². The summed E-state index contributed by atoms with van der Waals surface area (Å²) < 4.78 is 0. The van der Waals surface area contributed by atoms with Crippen LogP contribution in [0.2, 0.25) is 0 Å². The molecule has 1 atom stereocenters. The Morgan fingerprint density at radius 1 is 1.54 bits per heavy atom. The first-order chi connectivity index (χ1) is 6.19. The maximum atomic E-state index is 9.25. The number of aromatic hydroxyl groups is 1. The van der Waals surface area contributed by atoms with Crippen LogP contribution in [0.25, 0.3) is 0 Å². The van der Waals surface area contributed by atoms with Gasteiger partial charge < -0.3 is 10.4 Å². The molecule has 0 aliphatic carbocycles. The van der Waals surface area contributed by atoms with Crippen LogP contribution in [0, 0.1) is 11.3 Å². The summed E-state index contributed by atoms with van der Waals surface area (Å²) in [7, 11) is 1.85. The second kappa shape index (κ2) is 3.92. The van der Waals surface area contributed by atoms with E-state index in [-0.39, 0.29) is 11.8 Å². The Balaban J connectivity index is 3.08. The Labute approximate surface area is 77.6 Å². The van der Waals surface area contributed by atoms with Gasteiger partial charge >= 0.3 is 0 Å². The summed E-state index contributed by atoms with van der Waals surface area (Å²) in [4.78, 5) is 0. The maximum absolute atomic E-state index is 9.25. The van der Waals surface area contributed by atoms with Crippen molar-refractivity contribution in [3.63, 3.8) is 0 Å². The highest BCUT2D eigenvalue weighted by Crippen LogP contribution is 2.20. The van der Waals surface area contributed by atoms with E-state index in [2.05, 4.69) is 5.32 Å². The summed E-state index contributed by atoms with van der Waals surface area (Å²) >= 11 is 0.